The minimum atomic E-state index is -1.10. The second-order valence-corrected chi connectivity index (χ2v) is 5.21. The van der Waals surface area contributed by atoms with Crippen molar-refractivity contribution in [3.8, 4) is 5.75 Å². The molecule has 0 radical (unpaired) electrons. The molecule has 0 aliphatic carbocycles. The molecule has 1 N–H and O–H groups in total. The number of anilines is 1. The fraction of sp³-hybridized carbons (Fsp3) is 0.176. The standard InChI is InChI=1S/C17H15F3N2O3/c1-22(9-10-3-6-15(25-2)13(20)7-10)17(24)16(23)21-14-5-4-11(18)8-12(14)19/h3-8H,9H2,1-2H3,(H,21,23). The molecule has 0 aliphatic rings. The average Bonchev–Trinajstić information content (AvgIpc) is 2.56. The predicted octanol–water partition coefficient (Wildman–Crippen LogP) is 2.71. The third kappa shape index (κ3) is 4.50. The van der Waals surface area contributed by atoms with E-state index < -0.39 is 29.3 Å². The van der Waals surface area contributed by atoms with Crippen LogP contribution in [0.5, 0.6) is 5.75 Å². The maximum atomic E-state index is 13.6. The van der Waals surface area contributed by atoms with Gasteiger partial charge in [0.15, 0.2) is 11.6 Å². The van der Waals surface area contributed by atoms with E-state index in [1.807, 2.05) is 0 Å². The van der Waals surface area contributed by atoms with E-state index in [2.05, 4.69) is 5.32 Å². The summed E-state index contributed by atoms with van der Waals surface area (Å²) in [7, 11) is 2.66. The SMILES string of the molecule is COc1ccc(CN(C)C(=O)C(=O)Nc2ccc(F)cc2F)cc1F. The number of benzene rings is 2. The Hall–Kier alpha value is -3.03. The van der Waals surface area contributed by atoms with Crippen LogP contribution < -0.4 is 10.1 Å². The number of amides is 2. The number of rotatable bonds is 4. The highest BCUT2D eigenvalue weighted by atomic mass is 19.1. The van der Waals surface area contributed by atoms with E-state index in [0.29, 0.717) is 11.6 Å². The van der Waals surface area contributed by atoms with E-state index >= 15 is 0 Å². The van der Waals surface area contributed by atoms with Crippen LogP contribution in [0.1, 0.15) is 5.56 Å². The minimum absolute atomic E-state index is 0.0426. The summed E-state index contributed by atoms with van der Waals surface area (Å²) in [4.78, 5) is 25.0. The van der Waals surface area contributed by atoms with Crippen LogP contribution in [0, 0.1) is 17.5 Å². The van der Waals surface area contributed by atoms with E-state index in [-0.39, 0.29) is 18.0 Å². The maximum Gasteiger partial charge on any atom is 0.313 e. The number of halogens is 3. The van der Waals surface area contributed by atoms with Crippen molar-refractivity contribution in [2.45, 2.75) is 6.54 Å². The van der Waals surface area contributed by atoms with Gasteiger partial charge in [0.25, 0.3) is 0 Å². The monoisotopic (exact) mass is 352 g/mol. The molecule has 0 saturated heterocycles. The molecule has 0 aliphatic heterocycles. The number of hydrogen-bond acceptors (Lipinski definition) is 3. The van der Waals surface area contributed by atoms with Gasteiger partial charge in [-0.2, -0.15) is 0 Å². The van der Waals surface area contributed by atoms with Gasteiger partial charge in [0.05, 0.1) is 12.8 Å². The lowest BCUT2D eigenvalue weighted by Crippen LogP contribution is -2.36. The van der Waals surface area contributed by atoms with Crippen molar-refractivity contribution in [3.05, 3.63) is 59.4 Å². The van der Waals surface area contributed by atoms with Crippen molar-refractivity contribution in [1.29, 1.82) is 0 Å². The topological polar surface area (TPSA) is 58.6 Å². The summed E-state index contributed by atoms with van der Waals surface area (Å²) in [5.41, 5.74) is 0.124. The molecule has 0 atom stereocenters. The molecule has 2 amide bonds. The third-order valence-corrected chi connectivity index (χ3v) is 3.36. The van der Waals surface area contributed by atoms with Gasteiger partial charge in [-0.15, -0.1) is 0 Å². The fourth-order valence-corrected chi connectivity index (χ4v) is 2.09. The molecule has 0 saturated carbocycles. The first kappa shape index (κ1) is 18.3. The van der Waals surface area contributed by atoms with Crippen molar-refractivity contribution in [2.75, 3.05) is 19.5 Å². The highest BCUT2D eigenvalue weighted by Crippen LogP contribution is 2.19. The number of nitrogens with one attached hydrogen (secondary N) is 1. The second-order valence-electron chi connectivity index (χ2n) is 5.21. The summed E-state index contributed by atoms with van der Waals surface area (Å²) in [5.74, 6) is -4.40. The Bertz CT molecular complexity index is 812. The van der Waals surface area contributed by atoms with Crippen LogP contribution in [0.2, 0.25) is 0 Å². The molecule has 2 aromatic rings. The summed E-state index contributed by atoms with van der Waals surface area (Å²) in [5, 5.41) is 2.07. The van der Waals surface area contributed by atoms with Gasteiger partial charge in [-0.1, -0.05) is 6.07 Å². The number of likely N-dealkylation sites (N-methyl/N-ethyl adjacent to an activating group) is 1. The van der Waals surface area contributed by atoms with E-state index in [9.17, 15) is 22.8 Å². The van der Waals surface area contributed by atoms with Crippen LogP contribution in [0.25, 0.3) is 0 Å². The van der Waals surface area contributed by atoms with Crippen LogP contribution >= 0.6 is 0 Å². The lowest BCUT2D eigenvalue weighted by atomic mass is 10.2. The van der Waals surface area contributed by atoms with Gasteiger partial charge < -0.3 is 15.0 Å². The first-order valence-corrected chi connectivity index (χ1v) is 7.15. The number of ether oxygens (including phenoxy) is 1. The Morgan fingerprint density at radius 2 is 1.80 bits per heavy atom. The third-order valence-electron chi connectivity index (χ3n) is 3.36. The molecule has 0 heterocycles. The molecule has 132 valence electrons. The normalized spacial score (nSPS) is 10.3. The molecule has 0 aromatic heterocycles. The number of hydrogen-bond donors (Lipinski definition) is 1. The number of carbonyl (C=O) groups is 2. The van der Waals surface area contributed by atoms with Gasteiger partial charge in [-0.3, -0.25) is 9.59 Å². The van der Waals surface area contributed by atoms with Gasteiger partial charge in [-0.05, 0) is 29.8 Å². The zero-order valence-corrected chi connectivity index (χ0v) is 13.5. The average molecular weight is 352 g/mol. The molecule has 25 heavy (non-hydrogen) atoms. The Morgan fingerprint density at radius 1 is 1.08 bits per heavy atom. The van der Waals surface area contributed by atoms with Crippen molar-refractivity contribution in [3.63, 3.8) is 0 Å². The van der Waals surface area contributed by atoms with Crippen molar-refractivity contribution < 1.29 is 27.5 Å². The summed E-state index contributed by atoms with van der Waals surface area (Å²) in [6, 6.07) is 6.67. The van der Waals surface area contributed by atoms with E-state index in [0.717, 1.165) is 17.0 Å². The predicted molar refractivity (Wildman–Crippen MR) is 84.4 cm³/mol. The molecule has 2 rings (SSSR count). The van der Waals surface area contributed by atoms with Gasteiger partial charge in [0.2, 0.25) is 0 Å². The molecule has 0 bridgehead atoms. The van der Waals surface area contributed by atoms with Crippen LogP contribution in [0.4, 0.5) is 18.9 Å². The summed E-state index contributed by atoms with van der Waals surface area (Å²) >= 11 is 0. The zero-order chi connectivity index (χ0) is 18.6. The molecule has 0 spiro atoms. The van der Waals surface area contributed by atoms with Gasteiger partial charge >= 0.3 is 11.8 Å². The minimum Gasteiger partial charge on any atom is -0.494 e. The number of nitrogens with zero attached hydrogens (tertiary/aromatic N) is 1. The zero-order valence-electron chi connectivity index (χ0n) is 13.5. The maximum absolute atomic E-state index is 13.6. The number of methoxy groups -OCH3 is 1. The highest BCUT2D eigenvalue weighted by Gasteiger charge is 2.20. The van der Waals surface area contributed by atoms with Crippen LogP contribution in [0.15, 0.2) is 36.4 Å². The van der Waals surface area contributed by atoms with Crippen molar-refractivity contribution >= 4 is 17.5 Å². The van der Waals surface area contributed by atoms with Gasteiger partial charge in [-0.25, -0.2) is 13.2 Å². The van der Waals surface area contributed by atoms with Crippen molar-refractivity contribution in [1.82, 2.24) is 4.90 Å². The first-order chi connectivity index (χ1) is 11.8. The molecule has 0 unspecified atom stereocenters. The van der Waals surface area contributed by atoms with Crippen LogP contribution in [-0.2, 0) is 16.1 Å². The molecule has 2 aromatic carbocycles. The van der Waals surface area contributed by atoms with Gasteiger partial charge in [0.1, 0.15) is 11.6 Å². The molecular weight excluding hydrogens is 337 g/mol. The van der Waals surface area contributed by atoms with E-state index in [4.69, 9.17) is 4.74 Å². The second kappa shape index (κ2) is 7.69. The van der Waals surface area contributed by atoms with E-state index in [1.54, 1.807) is 6.07 Å². The lowest BCUT2D eigenvalue weighted by Gasteiger charge is -2.17. The Labute approximate surface area is 142 Å². The van der Waals surface area contributed by atoms with Crippen molar-refractivity contribution in [2.24, 2.45) is 0 Å². The van der Waals surface area contributed by atoms with E-state index in [1.165, 1.54) is 26.3 Å². The number of carbonyl (C=O) groups excluding carboxylic acids is 2. The first-order valence-electron chi connectivity index (χ1n) is 7.15. The molecular formula is C17H15F3N2O3. The smallest absolute Gasteiger partial charge is 0.313 e. The molecule has 0 fully saturated rings. The molecule has 5 nitrogen and oxygen atoms in total. The summed E-state index contributed by atoms with van der Waals surface area (Å²) < 4.78 is 44.8. The largest absolute Gasteiger partial charge is 0.494 e. The molecule has 8 heteroatoms. The fourth-order valence-electron chi connectivity index (χ4n) is 2.09. The van der Waals surface area contributed by atoms with Gasteiger partial charge in [0, 0.05) is 19.7 Å². The quantitative estimate of drug-likeness (QED) is 0.861. The van der Waals surface area contributed by atoms with Crippen LogP contribution in [-0.4, -0.2) is 30.9 Å². The summed E-state index contributed by atoms with van der Waals surface area (Å²) in [6.07, 6.45) is 0. The Kier molecular flexibility index (Phi) is 5.63. The Balaban J connectivity index is 2.03. The summed E-state index contributed by atoms with van der Waals surface area (Å²) in [6.45, 7) is -0.0426. The highest BCUT2D eigenvalue weighted by molar-refractivity contribution is 6.39. The van der Waals surface area contributed by atoms with Crippen LogP contribution in [0.3, 0.4) is 0 Å². The lowest BCUT2D eigenvalue weighted by molar-refractivity contribution is -0.142. The Morgan fingerprint density at radius 3 is 2.40 bits per heavy atom.